The Morgan fingerprint density at radius 1 is 0.938 bits per heavy atom. The highest BCUT2D eigenvalue weighted by molar-refractivity contribution is 5.03. The molecule has 0 unspecified atom stereocenters. The maximum Gasteiger partial charge on any atom is 0.224 e. The number of fused-ring (bicyclic) bond motifs is 1. The molecule has 0 radical (unpaired) electrons. The Morgan fingerprint density at radius 3 is 2.22 bits per heavy atom. The molecule has 7 nitrogen and oxygen atoms in total. The molecule has 0 aromatic heterocycles. The molecular formula is C25H48N2O5. The summed E-state index contributed by atoms with van der Waals surface area (Å²) in [5, 5.41) is 14.3. The highest BCUT2D eigenvalue weighted by Crippen LogP contribution is 2.45. The molecule has 188 valence electrons. The molecule has 3 rings (SSSR count). The lowest BCUT2D eigenvalue weighted by atomic mass is 10.1. The van der Waals surface area contributed by atoms with E-state index in [-0.39, 0.29) is 6.10 Å². The normalized spacial score (nSPS) is 32.4. The quantitative estimate of drug-likeness (QED) is 0.366. The Kier molecular flexibility index (Phi) is 10.7. The number of hydrogen-bond donors (Lipinski definition) is 2. The van der Waals surface area contributed by atoms with Gasteiger partial charge >= 0.3 is 0 Å². The molecule has 0 spiro atoms. The molecule has 0 aromatic carbocycles. The molecule has 3 aliphatic heterocycles. The van der Waals surface area contributed by atoms with Crippen LogP contribution in [0.3, 0.4) is 0 Å². The fraction of sp³-hybridized carbons (Fsp3) is 1.00. The van der Waals surface area contributed by atoms with Crippen molar-refractivity contribution in [1.82, 2.24) is 10.2 Å². The lowest BCUT2D eigenvalue weighted by Crippen LogP contribution is -2.49. The molecule has 0 bridgehead atoms. The number of hydrogen-bond acceptors (Lipinski definition) is 7. The summed E-state index contributed by atoms with van der Waals surface area (Å²) in [5.41, 5.74) is 0. The molecule has 3 aliphatic rings. The third-order valence-electron chi connectivity index (χ3n) is 6.90. The van der Waals surface area contributed by atoms with E-state index < -0.39 is 23.8 Å². The van der Waals surface area contributed by atoms with E-state index in [9.17, 15) is 5.11 Å². The lowest BCUT2D eigenvalue weighted by Gasteiger charge is -2.32. The van der Waals surface area contributed by atoms with E-state index in [4.69, 9.17) is 18.9 Å². The maximum atomic E-state index is 11.0. The van der Waals surface area contributed by atoms with Crippen LogP contribution < -0.4 is 5.32 Å². The summed E-state index contributed by atoms with van der Waals surface area (Å²) in [6.45, 7) is 11.6. The van der Waals surface area contributed by atoms with Crippen molar-refractivity contribution in [3.63, 3.8) is 0 Å². The van der Waals surface area contributed by atoms with Crippen LogP contribution in [0.15, 0.2) is 0 Å². The number of nitrogens with zero attached hydrogens (tertiary/aromatic N) is 1. The van der Waals surface area contributed by atoms with Crippen LogP contribution >= 0.6 is 0 Å². The van der Waals surface area contributed by atoms with Crippen molar-refractivity contribution in [2.24, 2.45) is 0 Å². The minimum Gasteiger partial charge on any atom is -0.387 e. The summed E-state index contributed by atoms with van der Waals surface area (Å²) < 4.78 is 24.6. The molecule has 0 saturated carbocycles. The highest BCUT2D eigenvalue weighted by atomic mass is 16.9. The van der Waals surface area contributed by atoms with E-state index in [0.717, 1.165) is 32.6 Å². The minimum absolute atomic E-state index is 0.299. The van der Waals surface area contributed by atoms with Gasteiger partial charge in [0.2, 0.25) is 5.79 Å². The Hall–Kier alpha value is -0.280. The van der Waals surface area contributed by atoms with E-state index >= 15 is 0 Å². The fourth-order valence-electron chi connectivity index (χ4n) is 5.18. The predicted octanol–water partition coefficient (Wildman–Crippen LogP) is 3.44. The van der Waals surface area contributed by atoms with Gasteiger partial charge in [-0.05, 0) is 20.3 Å². The summed E-state index contributed by atoms with van der Waals surface area (Å²) in [6, 6.07) is 0. The molecule has 3 saturated heterocycles. The van der Waals surface area contributed by atoms with E-state index in [1.165, 1.54) is 57.8 Å². The number of rotatable bonds is 15. The van der Waals surface area contributed by atoms with Gasteiger partial charge in [-0.15, -0.1) is 0 Å². The standard InChI is InChI=1S/C25H48N2O5/c1-4-5-6-7-8-9-10-11-12-13-18-29-20-25-23(31-24(2,3)32-25)22(28)21(30-25)19-27-16-14-26-15-17-27/h21-23,26,28H,4-20H2,1-3H3/t21-,22+,23-,25-/m0/s1. The lowest BCUT2D eigenvalue weighted by molar-refractivity contribution is -0.279. The van der Waals surface area contributed by atoms with Gasteiger partial charge in [0, 0.05) is 39.3 Å². The largest absolute Gasteiger partial charge is 0.387 e. The first-order valence-electron chi connectivity index (χ1n) is 13.2. The van der Waals surface area contributed by atoms with Crippen LogP contribution in [0.5, 0.6) is 0 Å². The summed E-state index contributed by atoms with van der Waals surface area (Å²) in [5.74, 6) is -1.80. The molecule has 0 aromatic rings. The third kappa shape index (κ3) is 7.62. The predicted molar refractivity (Wildman–Crippen MR) is 126 cm³/mol. The third-order valence-corrected chi connectivity index (χ3v) is 6.90. The van der Waals surface area contributed by atoms with Gasteiger partial charge < -0.3 is 29.4 Å². The van der Waals surface area contributed by atoms with E-state index in [0.29, 0.717) is 19.8 Å². The molecular weight excluding hydrogens is 408 g/mol. The van der Waals surface area contributed by atoms with Crippen LogP contribution in [0.2, 0.25) is 0 Å². The van der Waals surface area contributed by atoms with Crippen molar-refractivity contribution < 1.29 is 24.1 Å². The minimum atomic E-state index is -1.01. The van der Waals surface area contributed by atoms with E-state index in [1.807, 2.05) is 13.8 Å². The number of unbranched alkanes of at least 4 members (excludes halogenated alkanes) is 9. The van der Waals surface area contributed by atoms with Gasteiger partial charge in [-0.1, -0.05) is 64.7 Å². The number of aliphatic hydroxyl groups excluding tert-OH is 1. The van der Waals surface area contributed by atoms with Crippen molar-refractivity contribution >= 4 is 0 Å². The van der Waals surface area contributed by atoms with Crippen molar-refractivity contribution in [2.75, 3.05) is 45.9 Å². The van der Waals surface area contributed by atoms with Crippen LogP contribution in [0.25, 0.3) is 0 Å². The van der Waals surface area contributed by atoms with Gasteiger partial charge in [-0.3, -0.25) is 4.90 Å². The van der Waals surface area contributed by atoms with Gasteiger partial charge in [0.25, 0.3) is 0 Å². The second kappa shape index (κ2) is 13.0. The number of nitrogens with one attached hydrogen (secondary N) is 1. The van der Waals surface area contributed by atoms with Gasteiger partial charge in [0.1, 0.15) is 24.9 Å². The van der Waals surface area contributed by atoms with Crippen molar-refractivity contribution in [3.05, 3.63) is 0 Å². The number of aliphatic hydroxyl groups is 1. The van der Waals surface area contributed by atoms with Crippen LogP contribution in [0, 0.1) is 0 Å². The SMILES string of the molecule is CCCCCCCCCCCCOC[C@@]12O[C@@H](CN3CCNCC3)[C@@H](O)[C@@H]1OC(C)(C)O2. The first-order valence-corrected chi connectivity index (χ1v) is 13.2. The molecule has 0 amide bonds. The average molecular weight is 457 g/mol. The topological polar surface area (TPSA) is 72.4 Å². The van der Waals surface area contributed by atoms with Crippen LogP contribution in [-0.2, 0) is 18.9 Å². The number of piperazine rings is 1. The fourth-order valence-corrected chi connectivity index (χ4v) is 5.18. The van der Waals surface area contributed by atoms with Crippen LogP contribution in [-0.4, -0.2) is 85.8 Å². The zero-order chi connectivity index (χ0) is 22.9. The van der Waals surface area contributed by atoms with Gasteiger partial charge in [-0.25, -0.2) is 0 Å². The first kappa shape index (κ1) is 26.3. The molecule has 4 atom stereocenters. The molecule has 2 N–H and O–H groups in total. The van der Waals surface area contributed by atoms with Gasteiger partial charge in [0.15, 0.2) is 5.79 Å². The van der Waals surface area contributed by atoms with E-state index in [2.05, 4.69) is 17.1 Å². The van der Waals surface area contributed by atoms with E-state index in [1.54, 1.807) is 0 Å². The summed E-state index contributed by atoms with van der Waals surface area (Å²) >= 11 is 0. The summed E-state index contributed by atoms with van der Waals surface area (Å²) in [6.07, 6.45) is 11.5. The molecule has 32 heavy (non-hydrogen) atoms. The van der Waals surface area contributed by atoms with Crippen molar-refractivity contribution in [2.45, 2.75) is 115 Å². The molecule has 3 heterocycles. The van der Waals surface area contributed by atoms with Gasteiger partial charge in [0.05, 0.1) is 0 Å². The second-order valence-electron chi connectivity index (χ2n) is 10.3. The highest BCUT2D eigenvalue weighted by Gasteiger charge is 2.64. The van der Waals surface area contributed by atoms with Crippen molar-refractivity contribution in [3.8, 4) is 0 Å². The maximum absolute atomic E-state index is 11.0. The van der Waals surface area contributed by atoms with Crippen LogP contribution in [0.4, 0.5) is 0 Å². The Morgan fingerprint density at radius 2 is 1.56 bits per heavy atom. The molecule has 7 heteroatoms. The zero-order valence-electron chi connectivity index (χ0n) is 20.8. The second-order valence-corrected chi connectivity index (χ2v) is 10.3. The molecule has 3 fully saturated rings. The van der Waals surface area contributed by atoms with Crippen LogP contribution in [0.1, 0.15) is 85.0 Å². The van der Waals surface area contributed by atoms with Crippen molar-refractivity contribution in [1.29, 1.82) is 0 Å². The summed E-state index contributed by atoms with van der Waals surface area (Å²) in [4.78, 5) is 2.33. The summed E-state index contributed by atoms with van der Waals surface area (Å²) in [7, 11) is 0. The van der Waals surface area contributed by atoms with Gasteiger partial charge in [-0.2, -0.15) is 0 Å². The monoisotopic (exact) mass is 456 g/mol. The first-order chi connectivity index (χ1) is 15.5. The number of ether oxygens (including phenoxy) is 4. The Labute approximate surface area is 195 Å². The molecule has 0 aliphatic carbocycles. The average Bonchev–Trinajstić information content (AvgIpc) is 3.17. The zero-order valence-corrected chi connectivity index (χ0v) is 20.8. The smallest absolute Gasteiger partial charge is 0.224 e. The Bertz CT molecular complexity index is 528. The Balaban J connectivity index is 1.35.